The molecule has 9 nitrogen and oxygen atoms in total. The van der Waals surface area contributed by atoms with Gasteiger partial charge in [0.05, 0.1) is 34.7 Å². The van der Waals surface area contributed by atoms with Crippen LogP contribution in [0.15, 0.2) is 48.0 Å². The Morgan fingerprint density at radius 2 is 1.35 bits per heavy atom. The molecule has 2 aliphatic carbocycles. The van der Waals surface area contributed by atoms with Crippen LogP contribution in [0.25, 0.3) is 21.9 Å². The van der Waals surface area contributed by atoms with Crippen molar-refractivity contribution in [2.75, 3.05) is 7.11 Å². The number of ketones is 4. The van der Waals surface area contributed by atoms with E-state index in [-0.39, 0.29) is 61.0 Å². The maximum absolute atomic E-state index is 13.7. The molecule has 0 aliphatic heterocycles. The Labute approximate surface area is 226 Å². The van der Waals surface area contributed by atoms with Crippen LogP contribution in [0, 0.1) is 6.92 Å². The van der Waals surface area contributed by atoms with E-state index in [4.69, 9.17) is 4.74 Å². The minimum absolute atomic E-state index is 0.0388. The number of phenols is 4. The zero-order chi connectivity index (χ0) is 28.8. The van der Waals surface area contributed by atoms with E-state index in [0.29, 0.717) is 5.56 Å². The van der Waals surface area contributed by atoms with E-state index in [2.05, 4.69) is 0 Å². The molecule has 0 bridgehead atoms. The summed E-state index contributed by atoms with van der Waals surface area (Å²) in [6.45, 7) is 3.07. The van der Waals surface area contributed by atoms with Crippen molar-refractivity contribution in [1.82, 2.24) is 0 Å². The van der Waals surface area contributed by atoms with Gasteiger partial charge in [-0.15, -0.1) is 0 Å². The molecule has 0 aromatic heterocycles. The summed E-state index contributed by atoms with van der Waals surface area (Å²) in [7, 11) is 1.26. The summed E-state index contributed by atoms with van der Waals surface area (Å²) in [6.07, 6.45) is 1.06. The predicted molar refractivity (Wildman–Crippen MR) is 143 cm³/mol. The molecule has 40 heavy (non-hydrogen) atoms. The lowest BCUT2D eigenvalue weighted by molar-refractivity contribution is 0.0974. The summed E-state index contributed by atoms with van der Waals surface area (Å²) in [5.41, 5.74) is -1.26. The molecule has 4 aromatic carbocycles. The number of rotatable bonds is 2. The molecule has 2 aliphatic rings. The molecule has 0 radical (unpaired) electrons. The van der Waals surface area contributed by atoms with Crippen molar-refractivity contribution in [2.24, 2.45) is 0 Å². The van der Waals surface area contributed by atoms with Crippen LogP contribution < -0.4 is 4.74 Å². The summed E-state index contributed by atoms with van der Waals surface area (Å²) >= 11 is 0. The van der Waals surface area contributed by atoms with Gasteiger partial charge in [0.2, 0.25) is 5.78 Å². The topological polar surface area (TPSA) is 158 Å². The fourth-order valence-corrected chi connectivity index (χ4v) is 5.67. The third kappa shape index (κ3) is 3.08. The summed E-state index contributed by atoms with van der Waals surface area (Å²) in [5.74, 6) is -5.10. The highest BCUT2D eigenvalue weighted by molar-refractivity contribution is 6.34. The minimum atomic E-state index is -0.832. The van der Waals surface area contributed by atoms with Gasteiger partial charge in [0.15, 0.2) is 17.3 Å². The molecule has 0 atom stereocenters. The number of ether oxygens (including phenoxy) is 1. The lowest BCUT2D eigenvalue weighted by Crippen LogP contribution is -2.22. The maximum Gasteiger partial charge on any atom is 0.201 e. The number of hydrogen-bond acceptors (Lipinski definition) is 9. The Morgan fingerprint density at radius 3 is 2.05 bits per heavy atom. The van der Waals surface area contributed by atoms with E-state index < -0.39 is 51.7 Å². The number of hydrogen-bond donors (Lipinski definition) is 4. The second kappa shape index (κ2) is 8.28. The Balaban J connectivity index is 1.80. The average Bonchev–Trinajstić information content (AvgIpc) is 2.89. The van der Waals surface area contributed by atoms with E-state index in [0.717, 1.165) is 6.08 Å². The van der Waals surface area contributed by atoms with Crippen LogP contribution in [-0.4, -0.2) is 50.7 Å². The number of aryl methyl sites for hydroxylation is 1. The van der Waals surface area contributed by atoms with Crippen molar-refractivity contribution in [2.45, 2.75) is 13.8 Å². The first-order valence-corrected chi connectivity index (χ1v) is 12.1. The highest BCUT2D eigenvalue weighted by Gasteiger charge is 2.40. The number of Topliss-reactive ketones (excluding diaryl/α,β-unsaturated/α-hetero) is 1. The monoisotopic (exact) mass is 536 g/mol. The SMILES string of the molecule is COc1cc2c(c(O)c1-c1c3c(c(O)c4c(O)cccc14)C(=O)C=C(C)C3=O)C(=O)c1c(O)cc(C)cc1C2=O. The van der Waals surface area contributed by atoms with E-state index in [1.807, 2.05) is 0 Å². The Morgan fingerprint density at radius 1 is 0.650 bits per heavy atom. The molecule has 6 rings (SSSR count). The number of carbonyl (C=O) groups is 4. The fourth-order valence-electron chi connectivity index (χ4n) is 5.67. The lowest BCUT2D eigenvalue weighted by atomic mass is 9.77. The highest BCUT2D eigenvalue weighted by atomic mass is 16.5. The van der Waals surface area contributed by atoms with Crippen molar-refractivity contribution in [1.29, 1.82) is 0 Å². The molecule has 0 unspecified atom stereocenters. The van der Waals surface area contributed by atoms with Crippen molar-refractivity contribution < 1.29 is 44.3 Å². The number of carbonyl (C=O) groups excluding carboxylic acids is 4. The first kappa shape index (κ1) is 24.9. The predicted octanol–water partition coefficient (Wildman–Crippen LogP) is 4.75. The largest absolute Gasteiger partial charge is 0.507 e. The molecule has 0 fully saturated rings. The van der Waals surface area contributed by atoms with Crippen LogP contribution in [-0.2, 0) is 0 Å². The summed E-state index contributed by atoms with van der Waals surface area (Å²) in [6, 6.07) is 8.22. The number of aromatic hydroxyl groups is 4. The second-order valence-electron chi connectivity index (χ2n) is 9.78. The zero-order valence-electron chi connectivity index (χ0n) is 21.4. The molecular weight excluding hydrogens is 516 g/mol. The molecule has 0 saturated carbocycles. The van der Waals surface area contributed by atoms with Crippen molar-refractivity contribution in [3.63, 3.8) is 0 Å². The quantitative estimate of drug-likeness (QED) is 0.250. The second-order valence-corrected chi connectivity index (χ2v) is 9.78. The minimum Gasteiger partial charge on any atom is -0.507 e. The van der Waals surface area contributed by atoms with Gasteiger partial charge >= 0.3 is 0 Å². The third-order valence-corrected chi connectivity index (χ3v) is 7.40. The van der Waals surface area contributed by atoms with Gasteiger partial charge < -0.3 is 25.2 Å². The first-order valence-electron chi connectivity index (χ1n) is 12.1. The van der Waals surface area contributed by atoms with Crippen LogP contribution in [0.4, 0.5) is 0 Å². The molecular formula is C31H20O9. The van der Waals surface area contributed by atoms with Crippen LogP contribution in [0.1, 0.15) is 65.0 Å². The maximum atomic E-state index is 13.7. The lowest BCUT2D eigenvalue weighted by Gasteiger charge is -2.26. The molecule has 4 N–H and O–H groups in total. The third-order valence-electron chi connectivity index (χ3n) is 7.40. The standard InChI is InChI=1S/C31H20O9/c1-11-7-14-21(17(33)8-11)29(37)23-15(28(14)36)10-19(40-3)25(31(23)39)22-13-5-4-6-16(32)20(13)30(38)24-18(34)9-12(2)27(35)26(22)24/h4-10,32-33,38-39H,1-3H3. The van der Waals surface area contributed by atoms with E-state index >= 15 is 0 Å². The fraction of sp³-hybridized carbons (Fsp3) is 0.0968. The summed E-state index contributed by atoms with van der Waals surface area (Å²) < 4.78 is 5.55. The van der Waals surface area contributed by atoms with Gasteiger partial charge in [0, 0.05) is 27.8 Å². The number of methoxy groups -OCH3 is 1. The molecule has 4 aromatic rings. The number of allylic oxidation sites excluding steroid dienone is 2. The Hall–Kier alpha value is -5.44. The van der Waals surface area contributed by atoms with Gasteiger partial charge in [-0.2, -0.15) is 0 Å². The average molecular weight is 536 g/mol. The highest BCUT2D eigenvalue weighted by Crippen LogP contribution is 2.53. The first-order chi connectivity index (χ1) is 19.0. The smallest absolute Gasteiger partial charge is 0.201 e. The zero-order valence-corrected chi connectivity index (χ0v) is 21.4. The number of fused-ring (bicyclic) bond motifs is 4. The van der Waals surface area contributed by atoms with Crippen LogP contribution in [0.5, 0.6) is 28.7 Å². The van der Waals surface area contributed by atoms with Gasteiger partial charge in [-0.1, -0.05) is 12.1 Å². The number of benzene rings is 4. The Kier molecular flexibility index (Phi) is 5.15. The van der Waals surface area contributed by atoms with Crippen molar-refractivity contribution >= 4 is 33.9 Å². The summed E-state index contributed by atoms with van der Waals surface area (Å²) in [4.78, 5) is 53.8. The van der Waals surface area contributed by atoms with Gasteiger partial charge in [-0.3, -0.25) is 19.2 Å². The van der Waals surface area contributed by atoms with Gasteiger partial charge in [0.1, 0.15) is 28.7 Å². The normalized spacial score (nSPS) is 14.1. The van der Waals surface area contributed by atoms with Gasteiger partial charge in [-0.05, 0) is 55.1 Å². The molecule has 0 heterocycles. The molecule has 9 heteroatoms. The van der Waals surface area contributed by atoms with E-state index in [1.165, 1.54) is 50.4 Å². The molecule has 0 saturated heterocycles. The van der Waals surface area contributed by atoms with Crippen LogP contribution in [0.2, 0.25) is 0 Å². The summed E-state index contributed by atoms with van der Waals surface area (Å²) in [5, 5.41) is 43.9. The molecule has 0 spiro atoms. The van der Waals surface area contributed by atoms with Crippen LogP contribution >= 0.6 is 0 Å². The van der Waals surface area contributed by atoms with Gasteiger partial charge in [-0.25, -0.2) is 0 Å². The van der Waals surface area contributed by atoms with Gasteiger partial charge in [0.25, 0.3) is 0 Å². The molecule has 0 amide bonds. The number of phenolic OH excluding ortho intramolecular Hbond substituents is 4. The van der Waals surface area contributed by atoms with Crippen molar-refractivity contribution in [3.8, 4) is 39.9 Å². The van der Waals surface area contributed by atoms with Crippen LogP contribution in [0.3, 0.4) is 0 Å². The van der Waals surface area contributed by atoms with E-state index in [1.54, 1.807) is 6.92 Å². The van der Waals surface area contributed by atoms with Crippen molar-refractivity contribution in [3.05, 3.63) is 87.0 Å². The Bertz CT molecular complexity index is 1960. The molecule has 198 valence electrons. The van der Waals surface area contributed by atoms with E-state index in [9.17, 15) is 39.6 Å².